The average Bonchev–Trinajstić information content (AvgIpc) is 3.16. The van der Waals surface area contributed by atoms with E-state index >= 15 is 0 Å². The van der Waals surface area contributed by atoms with Crippen LogP contribution < -0.4 is 14.8 Å². The Labute approximate surface area is 150 Å². The highest BCUT2D eigenvalue weighted by atomic mass is 16.7. The van der Waals surface area contributed by atoms with Crippen LogP contribution in [0.25, 0.3) is 0 Å². The lowest BCUT2D eigenvalue weighted by molar-refractivity contribution is 0.0692. The molecule has 1 N–H and O–H groups in total. The summed E-state index contributed by atoms with van der Waals surface area (Å²) in [6.07, 6.45) is 5.90. The molecule has 2 aromatic rings. The van der Waals surface area contributed by atoms with Crippen LogP contribution in [0.4, 0.5) is 0 Å². The van der Waals surface area contributed by atoms with Crippen molar-refractivity contribution in [3.05, 3.63) is 48.0 Å². The normalized spacial score (nSPS) is 16.4. The molecule has 0 spiro atoms. The van der Waals surface area contributed by atoms with Crippen molar-refractivity contribution >= 4 is 11.8 Å². The van der Waals surface area contributed by atoms with E-state index in [1.807, 2.05) is 0 Å². The van der Waals surface area contributed by atoms with E-state index < -0.39 is 0 Å². The second-order valence-electron chi connectivity index (χ2n) is 6.20. The van der Waals surface area contributed by atoms with Gasteiger partial charge in [0.05, 0.1) is 6.20 Å². The number of carbonyl (C=O) groups excluding carboxylic acids is 2. The predicted octanol–water partition coefficient (Wildman–Crippen LogP) is 1.24. The first-order chi connectivity index (χ1) is 12.7. The van der Waals surface area contributed by atoms with Crippen molar-refractivity contribution in [3.8, 4) is 11.5 Å². The number of nitrogens with zero attached hydrogens (tertiary/aromatic N) is 3. The van der Waals surface area contributed by atoms with Gasteiger partial charge in [0, 0.05) is 37.1 Å². The largest absolute Gasteiger partial charge is 0.454 e. The second kappa shape index (κ2) is 6.99. The van der Waals surface area contributed by atoms with Crippen LogP contribution in [0.5, 0.6) is 11.5 Å². The van der Waals surface area contributed by atoms with Gasteiger partial charge in [-0.15, -0.1) is 0 Å². The second-order valence-corrected chi connectivity index (χ2v) is 6.20. The summed E-state index contributed by atoms with van der Waals surface area (Å²) in [5.41, 5.74) is 0.877. The molecular weight excluding hydrogens is 336 g/mol. The van der Waals surface area contributed by atoms with E-state index in [1.165, 1.54) is 18.6 Å². The summed E-state index contributed by atoms with van der Waals surface area (Å²) in [5.74, 6) is 0.958. The Balaban J connectivity index is 1.32. The van der Waals surface area contributed by atoms with Crippen molar-refractivity contribution in [2.45, 2.75) is 18.9 Å². The van der Waals surface area contributed by atoms with E-state index in [-0.39, 0.29) is 24.6 Å². The Kier molecular flexibility index (Phi) is 4.39. The Morgan fingerprint density at radius 2 is 1.92 bits per heavy atom. The van der Waals surface area contributed by atoms with Gasteiger partial charge in [0.2, 0.25) is 6.79 Å². The Hall–Kier alpha value is -3.16. The number of hydrogen-bond donors (Lipinski definition) is 1. The van der Waals surface area contributed by atoms with Gasteiger partial charge in [-0.05, 0) is 31.0 Å². The summed E-state index contributed by atoms with van der Waals surface area (Å²) >= 11 is 0. The van der Waals surface area contributed by atoms with Crippen molar-refractivity contribution in [1.82, 2.24) is 20.2 Å². The number of ether oxygens (including phenoxy) is 2. The topological polar surface area (TPSA) is 93.7 Å². The van der Waals surface area contributed by atoms with Gasteiger partial charge in [-0.2, -0.15) is 0 Å². The van der Waals surface area contributed by atoms with Crippen molar-refractivity contribution in [1.29, 1.82) is 0 Å². The molecule has 0 saturated carbocycles. The number of rotatable bonds is 3. The molecule has 2 aliphatic rings. The third kappa shape index (κ3) is 3.30. The standard InChI is InChI=1S/C18H18N4O4/c23-17(12-1-2-15-16(9-12)26-11-25-15)21-13-3-7-22(8-4-13)18(24)14-10-19-5-6-20-14/h1-2,5-6,9-10,13H,3-4,7-8,11H2,(H,21,23). The third-order valence-electron chi connectivity index (χ3n) is 4.53. The minimum absolute atomic E-state index is 0.0267. The molecule has 1 fully saturated rings. The van der Waals surface area contributed by atoms with E-state index in [9.17, 15) is 9.59 Å². The Morgan fingerprint density at radius 1 is 1.12 bits per heavy atom. The number of amides is 2. The van der Waals surface area contributed by atoms with Gasteiger partial charge >= 0.3 is 0 Å². The maximum absolute atomic E-state index is 12.4. The van der Waals surface area contributed by atoms with Gasteiger partial charge in [0.15, 0.2) is 11.5 Å². The SMILES string of the molecule is O=C(NC1CCN(C(=O)c2cnccn2)CC1)c1ccc2c(c1)OCO2. The predicted molar refractivity (Wildman–Crippen MR) is 91.0 cm³/mol. The molecule has 0 atom stereocenters. The smallest absolute Gasteiger partial charge is 0.274 e. The molecule has 4 rings (SSSR count). The van der Waals surface area contributed by atoms with Crippen LogP contribution in [-0.2, 0) is 0 Å². The van der Waals surface area contributed by atoms with Crippen LogP contribution >= 0.6 is 0 Å². The first-order valence-electron chi connectivity index (χ1n) is 8.46. The Bertz CT molecular complexity index is 819. The Morgan fingerprint density at radius 3 is 2.69 bits per heavy atom. The molecule has 0 aliphatic carbocycles. The fourth-order valence-corrected chi connectivity index (χ4v) is 3.10. The molecule has 0 unspecified atom stereocenters. The number of hydrogen-bond acceptors (Lipinski definition) is 6. The average molecular weight is 354 g/mol. The third-order valence-corrected chi connectivity index (χ3v) is 4.53. The molecule has 3 heterocycles. The van der Waals surface area contributed by atoms with E-state index in [0.717, 1.165) is 0 Å². The zero-order valence-electron chi connectivity index (χ0n) is 14.1. The van der Waals surface area contributed by atoms with Crippen LogP contribution in [0.15, 0.2) is 36.8 Å². The monoisotopic (exact) mass is 354 g/mol. The zero-order valence-corrected chi connectivity index (χ0v) is 14.1. The quantitative estimate of drug-likeness (QED) is 0.891. The summed E-state index contributed by atoms with van der Waals surface area (Å²) in [7, 11) is 0. The number of likely N-dealkylation sites (tertiary alicyclic amines) is 1. The first-order valence-corrected chi connectivity index (χ1v) is 8.46. The van der Waals surface area contributed by atoms with Crippen molar-refractivity contribution < 1.29 is 19.1 Å². The van der Waals surface area contributed by atoms with E-state index in [4.69, 9.17) is 9.47 Å². The highest BCUT2D eigenvalue weighted by Crippen LogP contribution is 2.32. The lowest BCUT2D eigenvalue weighted by atomic mass is 10.0. The van der Waals surface area contributed by atoms with Gasteiger partial charge in [-0.3, -0.25) is 14.6 Å². The summed E-state index contributed by atoms with van der Waals surface area (Å²) in [4.78, 5) is 34.5. The first kappa shape index (κ1) is 16.3. The molecule has 2 amide bonds. The molecule has 0 bridgehead atoms. The van der Waals surface area contributed by atoms with Crippen LogP contribution in [0.3, 0.4) is 0 Å². The minimum atomic E-state index is -0.151. The number of fused-ring (bicyclic) bond motifs is 1. The zero-order chi connectivity index (χ0) is 17.9. The van der Waals surface area contributed by atoms with Crippen molar-refractivity contribution in [2.75, 3.05) is 19.9 Å². The number of aromatic nitrogens is 2. The van der Waals surface area contributed by atoms with Crippen LogP contribution in [0.2, 0.25) is 0 Å². The fraction of sp³-hybridized carbons (Fsp3) is 0.333. The van der Waals surface area contributed by atoms with E-state index in [2.05, 4.69) is 15.3 Å². The fourth-order valence-electron chi connectivity index (χ4n) is 3.10. The van der Waals surface area contributed by atoms with Crippen LogP contribution in [0, 0.1) is 0 Å². The molecule has 1 aromatic carbocycles. The summed E-state index contributed by atoms with van der Waals surface area (Å²) in [5, 5.41) is 3.02. The van der Waals surface area contributed by atoms with Gasteiger partial charge in [0.25, 0.3) is 11.8 Å². The maximum atomic E-state index is 12.4. The number of benzene rings is 1. The summed E-state index contributed by atoms with van der Waals surface area (Å²) in [6.45, 7) is 1.32. The molecule has 2 aliphatic heterocycles. The lowest BCUT2D eigenvalue weighted by Crippen LogP contribution is -2.46. The van der Waals surface area contributed by atoms with Crippen LogP contribution in [0.1, 0.15) is 33.7 Å². The number of nitrogens with one attached hydrogen (secondary N) is 1. The van der Waals surface area contributed by atoms with Crippen molar-refractivity contribution in [2.24, 2.45) is 0 Å². The number of carbonyl (C=O) groups is 2. The molecule has 134 valence electrons. The van der Waals surface area contributed by atoms with Gasteiger partial charge in [-0.25, -0.2) is 4.98 Å². The van der Waals surface area contributed by atoms with Gasteiger partial charge in [0.1, 0.15) is 5.69 Å². The molecule has 0 radical (unpaired) electrons. The van der Waals surface area contributed by atoms with E-state index in [1.54, 1.807) is 23.1 Å². The molecule has 1 saturated heterocycles. The summed E-state index contributed by atoms with van der Waals surface area (Å²) < 4.78 is 10.6. The minimum Gasteiger partial charge on any atom is -0.454 e. The lowest BCUT2D eigenvalue weighted by Gasteiger charge is -2.32. The summed E-state index contributed by atoms with van der Waals surface area (Å²) in [6, 6.07) is 5.16. The maximum Gasteiger partial charge on any atom is 0.274 e. The van der Waals surface area contributed by atoms with Crippen LogP contribution in [-0.4, -0.2) is 52.6 Å². The van der Waals surface area contributed by atoms with Crippen molar-refractivity contribution in [3.63, 3.8) is 0 Å². The highest BCUT2D eigenvalue weighted by Gasteiger charge is 2.26. The molecule has 26 heavy (non-hydrogen) atoms. The number of piperidine rings is 1. The van der Waals surface area contributed by atoms with Gasteiger partial charge in [-0.1, -0.05) is 0 Å². The molecule has 8 heteroatoms. The van der Waals surface area contributed by atoms with Gasteiger partial charge < -0.3 is 19.7 Å². The molecule has 1 aromatic heterocycles. The van der Waals surface area contributed by atoms with E-state index in [0.29, 0.717) is 48.7 Å². The molecular formula is C18H18N4O4. The molecule has 8 nitrogen and oxygen atoms in total. The highest BCUT2D eigenvalue weighted by molar-refractivity contribution is 5.95.